The van der Waals surface area contributed by atoms with Crippen molar-refractivity contribution in [3.63, 3.8) is 0 Å². The molecule has 2 aliphatic rings. The monoisotopic (exact) mass is 352 g/mol. The van der Waals surface area contributed by atoms with Gasteiger partial charge in [-0.3, -0.25) is 9.69 Å². The van der Waals surface area contributed by atoms with E-state index in [1.165, 1.54) is 12.0 Å². The van der Waals surface area contributed by atoms with Crippen molar-refractivity contribution in [3.05, 3.63) is 59.3 Å². The van der Waals surface area contributed by atoms with Crippen LogP contribution in [0.15, 0.2) is 48.2 Å². The van der Waals surface area contributed by atoms with Gasteiger partial charge in [-0.2, -0.15) is 0 Å². The predicted molar refractivity (Wildman–Crippen MR) is 92.6 cm³/mol. The molecule has 1 N–H and O–H groups in total. The van der Waals surface area contributed by atoms with Gasteiger partial charge in [-0.05, 0) is 17.7 Å². The SMILES string of the molecule is COc1cc2c(cc1/C=C1\NC(=O)N(Cc3ccccc3)C1=O)OCO2. The summed E-state index contributed by atoms with van der Waals surface area (Å²) < 4.78 is 16.0. The number of hydrogen-bond acceptors (Lipinski definition) is 5. The van der Waals surface area contributed by atoms with E-state index in [9.17, 15) is 9.59 Å². The van der Waals surface area contributed by atoms with Crippen molar-refractivity contribution in [2.45, 2.75) is 6.54 Å². The minimum Gasteiger partial charge on any atom is -0.496 e. The van der Waals surface area contributed by atoms with Gasteiger partial charge in [-0.15, -0.1) is 0 Å². The van der Waals surface area contributed by atoms with Crippen LogP contribution in [-0.4, -0.2) is 30.7 Å². The third-order valence-electron chi connectivity index (χ3n) is 4.17. The number of nitrogens with zero attached hydrogens (tertiary/aromatic N) is 1. The van der Waals surface area contributed by atoms with Crippen molar-refractivity contribution in [1.82, 2.24) is 10.2 Å². The fraction of sp³-hybridized carbons (Fsp3) is 0.158. The number of nitrogens with one attached hydrogen (secondary N) is 1. The van der Waals surface area contributed by atoms with E-state index in [0.717, 1.165) is 5.56 Å². The highest BCUT2D eigenvalue weighted by Gasteiger charge is 2.33. The summed E-state index contributed by atoms with van der Waals surface area (Å²) in [6, 6.07) is 12.3. The standard InChI is InChI=1S/C19H16N2O5/c1-24-15-9-17-16(25-11-26-17)8-13(15)7-14-18(22)21(19(23)20-14)10-12-5-3-2-4-6-12/h2-9H,10-11H2,1H3,(H,20,23)/b14-7-. The van der Waals surface area contributed by atoms with Gasteiger partial charge in [0, 0.05) is 11.6 Å². The Balaban J connectivity index is 1.62. The van der Waals surface area contributed by atoms with Crippen LogP contribution in [0.5, 0.6) is 17.2 Å². The summed E-state index contributed by atoms with van der Waals surface area (Å²) in [6.45, 7) is 0.347. The van der Waals surface area contributed by atoms with Crippen LogP contribution >= 0.6 is 0 Å². The first-order chi connectivity index (χ1) is 12.7. The molecule has 26 heavy (non-hydrogen) atoms. The zero-order valence-electron chi connectivity index (χ0n) is 14.0. The van der Waals surface area contributed by atoms with Gasteiger partial charge in [0.2, 0.25) is 6.79 Å². The normalized spacial score (nSPS) is 17.0. The number of methoxy groups -OCH3 is 1. The smallest absolute Gasteiger partial charge is 0.329 e. The third kappa shape index (κ3) is 2.83. The molecule has 2 aliphatic heterocycles. The minimum atomic E-state index is -0.454. The Morgan fingerprint density at radius 3 is 2.62 bits per heavy atom. The Hall–Kier alpha value is -3.48. The van der Waals surface area contributed by atoms with Gasteiger partial charge in [-0.1, -0.05) is 30.3 Å². The van der Waals surface area contributed by atoms with Crippen LogP contribution in [0.2, 0.25) is 0 Å². The van der Waals surface area contributed by atoms with E-state index in [0.29, 0.717) is 22.8 Å². The number of carbonyl (C=O) groups is 2. The van der Waals surface area contributed by atoms with Crippen molar-refractivity contribution >= 4 is 18.0 Å². The Morgan fingerprint density at radius 2 is 1.88 bits per heavy atom. The van der Waals surface area contributed by atoms with Crippen LogP contribution in [0.1, 0.15) is 11.1 Å². The highest BCUT2D eigenvalue weighted by molar-refractivity contribution is 6.14. The molecular weight excluding hydrogens is 336 g/mol. The molecule has 2 heterocycles. The second-order valence-electron chi connectivity index (χ2n) is 5.81. The lowest BCUT2D eigenvalue weighted by Gasteiger charge is -2.11. The van der Waals surface area contributed by atoms with E-state index in [2.05, 4.69) is 5.32 Å². The molecule has 1 saturated heterocycles. The Morgan fingerprint density at radius 1 is 1.15 bits per heavy atom. The molecule has 7 nitrogen and oxygen atoms in total. The summed E-state index contributed by atoms with van der Waals surface area (Å²) in [5.41, 5.74) is 1.67. The van der Waals surface area contributed by atoms with Crippen LogP contribution < -0.4 is 19.5 Å². The van der Waals surface area contributed by atoms with Crippen molar-refractivity contribution < 1.29 is 23.8 Å². The number of hydrogen-bond donors (Lipinski definition) is 1. The molecule has 4 rings (SSSR count). The van der Waals surface area contributed by atoms with E-state index in [1.54, 1.807) is 18.2 Å². The lowest BCUT2D eigenvalue weighted by Crippen LogP contribution is -2.30. The molecule has 0 radical (unpaired) electrons. The number of benzene rings is 2. The lowest BCUT2D eigenvalue weighted by atomic mass is 10.1. The van der Waals surface area contributed by atoms with Gasteiger partial charge in [0.05, 0.1) is 13.7 Å². The number of urea groups is 1. The van der Waals surface area contributed by atoms with Gasteiger partial charge >= 0.3 is 6.03 Å². The number of rotatable bonds is 4. The molecule has 0 aromatic heterocycles. The van der Waals surface area contributed by atoms with Gasteiger partial charge in [0.15, 0.2) is 11.5 Å². The maximum absolute atomic E-state index is 12.6. The Bertz CT molecular complexity index is 908. The highest BCUT2D eigenvalue weighted by Crippen LogP contribution is 2.39. The first-order valence-electron chi connectivity index (χ1n) is 8.02. The molecule has 0 saturated carbocycles. The van der Waals surface area contributed by atoms with E-state index in [4.69, 9.17) is 14.2 Å². The molecular formula is C19H16N2O5. The van der Waals surface area contributed by atoms with Gasteiger partial charge < -0.3 is 19.5 Å². The summed E-state index contributed by atoms with van der Waals surface area (Å²) in [5, 5.41) is 2.61. The summed E-state index contributed by atoms with van der Waals surface area (Å²) >= 11 is 0. The fourth-order valence-corrected chi connectivity index (χ4v) is 2.87. The van der Waals surface area contributed by atoms with Crippen molar-refractivity contribution in [1.29, 1.82) is 0 Å². The predicted octanol–water partition coefficient (Wildman–Crippen LogP) is 2.52. The number of amides is 3. The quantitative estimate of drug-likeness (QED) is 0.676. The molecule has 0 bridgehead atoms. The number of ether oxygens (including phenoxy) is 3. The average molecular weight is 352 g/mol. The van der Waals surface area contributed by atoms with Gasteiger partial charge in [-0.25, -0.2) is 4.79 Å². The largest absolute Gasteiger partial charge is 0.496 e. The maximum Gasteiger partial charge on any atom is 0.329 e. The first kappa shape index (κ1) is 16.0. The number of fused-ring (bicyclic) bond motifs is 1. The Kier molecular flexibility index (Phi) is 3.96. The molecule has 0 spiro atoms. The van der Waals surface area contributed by atoms with Crippen molar-refractivity contribution in [3.8, 4) is 17.2 Å². The van der Waals surface area contributed by atoms with Crippen LogP contribution in [0.25, 0.3) is 6.08 Å². The molecule has 0 atom stereocenters. The third-order valence-corrected chi connectivity index (χ3v) is 4.17. The average Bonchev–Trinajstić information content (AvgIpc) is 3.21. The molecule has 0 aliphatic carbocycles. The Labute approximate surface area is 149 Å². The second kappa shape index (κ2) is 6.44. The van der Waals surface area contributed by atoms with Gasteiger partial charge in [0.25, 0.3) is 5.91 Å². The van der Waals surface area contributed by atoms with E-state index in [1.807, 2.05) is 30.3 Å². The molecule has 132 valence electrons. The summed E-state index contributed by atoms with van der Waals surface area (Å²) in [5.74, 6) is 1.27. The summed E-state index contributed by atoms with van der Waals surface area (Å²) in [6.07, 6.45) is 1.58. The molecule has 0 unspecified atom stereocenters. The van der Waals surface area contributed by atoms with Crippen LogP contribution in [0.3, 0.4) is 0 Å². The highest BCUT2D eigenvalue weighted by atomic mass is 16.7. The summed E-state index contributed by atoms with van der Waals surface area (Å²) in [7, 11) is 1.52. The number of carbonyl (C=O) groups excluding carboxylic acids is 2. The molecule has 7 heteroatoms. The molecule has 3 amide bonds. The maximum atomic E-state index is 12.6. The second-order valence-corrected chi connectivity index (χ2v) is 5.81. The first-order valence-corrected chi connectivity index (χ1v) is 8.02. The minimum absolute atomic E-state index is 0.138. The molecule has 2 aromatic rings. The topological polar surface area (TPSA) is 77.1 Å². The van der Waals surface area contributed by atoms with E-state index >= 15 is 0 Å². The van der Waals surface area contributed by atoms with Crippen LogP contribution in [0.4, 0.5) is 4.79 Å². The molecule has 1 fully saturated rings. The van der Waals surface area contributed by atoms with Crippen molar-refractivity contribution in [2.24, 2.45) is 0 Å². The number of imide groups is 1. The van der Waals surface area contributed by atoms with Gasteiger partial charge in [0.1, 0.15) is 11.4 Å². The van der Waals surface area contributed by atoms with E-state index in [-0.39, 0.29) is 19.0 Å². The zero-order chi connectivity index (χ0) is 18.1. The molecule has 2 aromatic carbocycles. The van der Waals surface area contributed by atoms with Crippen LogP contribution in [0, 0.1) is 0 Å². The van der Waals surface area contributed by atoms with E-state index < -0.39 is 11.9 Å². The lowest BCUT2D eigenvalue weighted by molar-refractivity contribution is -0.123. The zero-order valence-corrected chi connectivity index (χ0v) is 14.0. The van der Waals surface area contributed by atoms with Crippen molar-refractivity contribution in [2.75, 3.05) is 13.9 Å². The fourth-order valence-electron chi connectivity index (χ4n) is 2.87. The summed E-state index contributed by atoms with van der Waals surface area (Å²) in [4.78, 5) is 26.0. The van der Waals surface area contributed by atoms with Crippen LogP contribution in [-0.2, 0) is 11.3 Å².